The van der Waals surface area contributed by atoms with Gasteiger partial charge in [0.25, 0.3) is 0 Å². The summed E-state index contributed by atoms with van der Waals surface area (Å²) in [6, 6.07) is 13.9. The molecule has 20 heavy (non-hydrogen) atoms. The van der Waals surface area contributed by atoms with Crippen molar-refractivity contribution in [2.24, 2.45) is 0 Å². The fourth-order valence-corrected chi connectivity index (χ4v) is 3.41. The molecule has 3 aromatic rings. The Morgan fingerprint density at radius 1 is 1.25 bits per heavy atom. The Kier molecular flexibility index (Phi) is 3.20. The average Bonchev–Trinajstić information content (AvgIpc) is 2.86. The number of thiophene rings is 1. The van der Waals surface area contributed by atoms with Gasteiger partial charge in [-0.1, -0.05) is 24.3 Å². The molecule has 3 N–H and O–H groups in total. The Labute approximate surface area is 121 Å². The van der Waals surface area contributed by atoms with Crippen LogP contribution in [0, 0.1) is 0 Å². The van der Waals surface area contributed by atoms with E-state index in [1.54, 1.807) is 17.5 Å². The molecule has 4 heteroatoms. The molecule has 0 saturated carbocycles. The van der Waals surface area contributed by atoms with Crippen molar-refractivity contribution in [2.75, 3.05) is 5.73 Å². The van der Waals surface area contributed by atoms with Crippen molar-refractivity contribution in [3.63, 3.8) is 0 Å². The van der Waals surface area contributed by atoms with Gasteiger partial charge >= 0.3 is 0 Å². The van der Waals surface area contributed by atoms with Crippen LogP contribution in [0.25, 0.3) is 10.1 Å². The number of aromatic nitrogens is 1. The van der Waals surface area contributed by atoms with E-state index in [0.29, 0.717) is 12.2 Å². The van der Waals surface area contributed by atoms with E-state index >= 15 is 0 Å². The zero-order chi connectivity index (χ0) is 14.2. The Morgan fingerprint density at radius 3 is 2.80 bits per heavy atom. The van der Waals surface area contributed by atoms with Crippen LogP contribution in [0.3, 0.4) is 0 Å². The number of aliphatic hydroxyl groups is 1. The Bertz CT molecular complexity index is 716. The highest BCUT2D eigenvalue weighted by Crippen LogP contribution is 2.35. The molecule has 102 valence electrons. The van der Waals surface area contributed by atoms with Gasteiger partial charge in [0.15, 0.2) is 0 Å². The zero-order valence-electron chi connectivity index (χ0n) is 11.2. The molecule has 1 unspecified atom stereocenters. The average molecular weight is 284 g/mol. The molecule has 1 aromatic carbocycles. The lowest BCUT2D eigenvalue weighted by molar-refractivity contribution is 0.0616. The summed E-state index contributed by atoms with van der Waals surface area (Å²) in [5, 5.41) is 12.0. The topological polar surface area (TPSA) is 59.1 Å². The van der Waals surface area contributed by atoms with Gasteiger partial charge in [-0.25, -0.2) is 4.98 Å². The lowest BCUT2D eigenvalue weighted by atomic mass is 9.95. The number of nitrogen functional groups attached to an aromatic ring is 1. The third kappa shape index (κ3) is 2.40. The number of benzene rings is 1. The van der Waals surface area contributed by atoms with Crippen molar-refractivity contribution in [1.29, 1.82) is 0 Å². The van der Waals surface area contributed by atoms with E-state index in [4.69, 9.17) is 5.73 Å². The number of pyridine rings is 1. The van der Waals surface area contributed by atoms with Crippen LogP contribution >= 0.6 is 11.3 Å². The van der Waals surface area contributed by atoms with Gasteiger partial charge in [-0.3, -0.25) is 0 Å². The minimum Gasteiger partial charge on any atom is -0.384 e. The Balaban J connectivity index is 1.97. The molecule has 1 atom stereocenters. The molecule has 0 aliphatic carbocycles. The molecule has 0 amide bonds. The summed E-state index contributed by atoms with van der Waals surface area (Å²) in [5.41, 5.74) is 5.79. The van der Waals surface area contributed by atoms with E-state index in [2.05, 4.69) is 17.1 Å². The summed E-state index contributed by atoms with van der Waals surface area (Å²) >= 11 is 1.62. The van der Waals surface area contributed by atoms with Gasteiger partial charge in [0.1, 0.15) is 11.4 Å². The van der Waals surface area contributed by atoms with E-state index < -0.39 is 5.60 Å². The van der Waals surface area contributed by atoms with Gasteiger partial charge in [-0.15, -0.1) is 11.3 Å². The van der Waals surface area contributed by atoms with Gasteiger partial charge in [-0.05, 0) is 36.1 Å². The molecule has 0 bridgehead atoms. The maximum absolute atomic E-state index is 10.8. The zero-order valence-corrected chi connectivity index (χ0v) is 12.0. The number of anilines is 1. The van der Waals surface area contributed by atoms with E-state index in [-0.39, 0.29) is 0 Å². The molecular weight excluding hydrogens is 268 g/mol. The molecule has 0 fully saturated rings. The lowest BCUT2D eigenvalue weighted by Crippen LogP contribution is -2.23. The largest absolute Gasteiger partial charge is 0.384 e. The summed E-state index contributed by atoms with van der Waals surface area (Å²) in [6.07, 6.45) is 2.12. The molecule has 2 aromatic heterocycles. The molecule has 0 saturated heterocycles. The monoisotopic (exact) mass is 284 g/mol. The number of nitrogens with zero attached hydrogens (tertiary/aromatic N) is 1. The van der Waals surface area contributed by atoms with Crippen LogP contribution in [-0.2, 0) is 12.0 Å². The highest BCUT2D eigenvalue weighted by molar-refractivity contribution is 7.19. The maximum atomic E-state index is 10.8. The first-order valence-electron chi connectivity index (χ1n) is 6.47. The third-order valence-electron chi connectivity index (χ3n) is 3.42. The minimum absolute atomic E-state index is 0.458. The van der Waals surface area contributed by atoms with Crippen molar-refractivity contribution < 1.29 is 5.11 Å². The number of fused-ring (bicyclic) bond motifs is 1. The van der Waals surface area contributed by atoms with Gasteiger partial charge in [0.05, 0.1) is 0 Å². The molecule has 0 aliphatic heterocycles. The van der Waals surface area contributed by atoms with Gasteiger partial charge < -0.3 is 10.8 Å². The SMILES string of the molecule is CC(O)(Cc1cccnc1N)c1cc2ccccc2s1. The van der Waals surface area contributed by atoms with Crippen molar-refractivity contribution in [3.05, 3.63) is 59.1 Å². The van der Waals surface area contributed by atoms with E-state index in [1.807, 2.05) is 37.3 Å². The number of nitrogens with two attached hydrogens (primary N) is 1. The lowest BCUT2D eigenvalue weighted by Gasteiger charge is -2.22. The smallest absolute Gasteiger partial charge is 0.126 e. The fraction of sp³-hybridized carbons (Fsp3) is 0.188. The summed E-state index contributed by atoms with van der Waals surface area (Å²) in [7, 11) is 0. The van der Waals surface area contributed by atoms with Gasteiger partial charge in [-0.2, -0.15) is 0 Å². The van der Waals surface area contributed by atoms with Crippen LogP contribution in [-0.4, -0.2) is 10.1 Å². The fourth-order valence-electron chi connectivity index (χ4n) is 2.31. The van der Waals surface area contributed by atoms with Crippen LogP contribution in [0.2, 0.25) is 0 Å². The standard InChI is InChI=1S/C16H16N2OS/c1-16(19,10-12-6-4-8-18-15(12)17)14-9-11-5-2-3-7-13(11)20-14/h2-9,19H,10H2,1H3,(H2,17,18). The van der Waals surface area contributed by atoms with Crippen LogP contribution < -0.4 is 5.73 Å². The number of hydrogen-bond donors (Lipinski definition) is 2. The molecule has 0 aliphatic rings. The van der Waals surface area contributed by atoms with E-state index in [1.165, 1.54) is 4.70 Å². The van der Waals surface area contributed by atoms with E-state index in [9.17, 15) is 5.11 Å². The number of hydrogen-bond acceptors (Lipinski definition) is 4. The normalized spacial score (nSPS) is 14.3. The van der Waals surface area contributed by atoms with Gasteiger partial charge in [0, 0.05) is 22.2 Å². The Hall–Kier alpha value is -1.91. The predicted molar refractivity (Wildman–Crippen MR) is 83.7 cm³/mol. The molecule has 0 radical (unpaired) electrons. The Morgan fingerprint density at radius 2 is 2.05 bits per heavy atom. The minimum atomic E-state index is -0.944. The van der Waals surface area contributed by atoms with Crippen LogP contribution in [0.15, 0.2) is 48.7 Å². The first-order valence-corrected chi connectivity index (χ1v) is 7.29. The second-order valence-electron chi connectivity index (χ2n) is 5.15. The van der Waals surface area contributed by atoms with Crippen molar-refractivity contribution >= 4 is 27.2 Å². The van der Waals surface area contributed by atoms with Crippen LogP contribution in [0.5, 0.6) is 0 Å². The van der Waals surface area contributed by atoms with Crippen LogP contribution in [0.1, 0.15) is 17.4 Å². The van der Waals surface area contributed by atoms with Crippen LogP contribution in [0.4, 0.5) is 5.82 Å². The first kappa shape index (κ1) is 13.1. The van der Waals surface area contributed by atoms with Crippen molar-refractivity contribution in [1.82, 2.24) is 4.98 Å². The molecule has 3 rings (SSSR count). The molecule has 0 spiro atoms. The van der Waals surface area contributed by atoms with Crippen molar-refractivity contribution in [3.8, 4) is 0 Å². The first-order chi connectivity index (χ1) is 9.56. The summed E-state index contributed by atoms with van der Waals surface area (Å²) in [5.74, 6) is 0.480. The third-order valence-corrected chi connectivity index (χ3v) is 4.79. The summed E-state index contributed by atoms with van der Waals surface area (Å²) < 4.78 is 1.18. The quantitative estimate of drug-likeness (QED) is 0.775. The second kappa shape index (κ2) is 4.89. The predicted octanol–water partition coefficient (Wildman–Crippen LogP) is 3.33. The summed E-state index contributed by atoms with van der Waals surface area (Å²) in [4.78, 5) is 5.02. The summed E-state index contributed by atoms with van der Waals surface area (Å²) in [6.45, 7) is 1.82. The second-order valence-corrected chi connectivity index (χ2v) is 6.23. The molecular formula is C16H16N2OS. The van der Waals surface area contributed by atoms with Crippen molar-refractivity contribution in [2.45, 2.75) is 18.9 Å². The highest BCUT2D eigenvalue weighted by Gasteiger charge is 2.26. The molecule has 2 heterocycles. The van der Waals surface area contributed by atoms with E-state index in [0.717, 1.165) is 15.8 Å². The molecule has 3 nitrogen and oxygen atoms in total. The maximum Gasteiger partial charge on any atom is 0.126 e. The van der Waals surface area contributed by atoms with Gasteiger partial charge in [0.2, 0.25) is 0 Å². The highest BCUT2D eigenvalue weighted by atomic mass is 32.1. The number of rotatable bonds is 3.